The number of hydrogen-bond donors (Lipinski definition) is 2. The second kappa shape index (κ2) is 8.81. The molecule has 0 amide bonds. The Kier molecular flexibility index (Phi) is 6.41. The minimum atomic E-state index is -4.44. The van der Waals surface area contributed by atoms with E-state index in [0.717, 1.165) is 18.1 Å². The third kappa shape index (κ3) is 5.06. The second-order valence-corrected chi connectivity index (χ2v) is 8.21. The summed E-state index contributed by atoms with van der Waals surface area (Å²) < 4.78 is 43.1. The second-order valence-electron chi connectivity index (χ2n) is 6.19. The Morgan fingerprint density at radius 1 is 1.17 bits per heavy atom. The largest absolute Gasteiger partial charge is 0.482 e. The van der Waals surface area contributed by atoms with Gasteiger partial charge < -0.3 is 9.47 Å². The van der Waals surface area contributed by atoms with E-state index in [9.17, 15) is 17.8 Å². The first kappa shape index (κ1) is 21.1. The fourth-order valence-electron chi connectivity index (χ4n) is 2.74. The van der Waals surface area contributed by atoms with E-state index in [1.165, 1.54) is 24.4 Å². The maximum absolute atomic E-state index is 12.2. The highest BCUT2D eigenvalue weighted by Gasteiger charge is 2.18. The Balaban J connectivity index is 1.72. The topological polar surface area (TPSA) is 103 Å². The number of fused-ring (bicyclic) bond motifs is 1. The molecule has 0 radical (unpaired) electrons. The molecule has 3 rings (SSSR count). The van der Waals surface area contributed by atoms with Crippen molar-refractivity contribution in [1.82, 2.24) is 4.98 Å². The zero-order valence-corrected chi connectivity index (χ0v) is 17.2. The number of nitrogens with zero attached hydrogens (tertiary/aromatic N) is 1. The van der Waals surface area contributed by atoms with Crippen LogP contribution in [0.25, 0.3) is 10.9 Å². The van der Waals surface area contributed by atoms with Gasteiger partial charge in [0.1, 0.15) is 16.2 Å². The Bertz CT molecular complexity index is 1130. The van der Waals surface area contributed by atoms with Crippen LogP contribution in [0.3, 0.4) is 0 Å². The van der Waals surface area contributed by atoms with Crippen LogP contribution in [-0.4, -0.2) is 30.5 Å². The summed E-state index contributed by atoms with van der Waals surface area (Å²) in [5.74, 6) is -0.105. The lowest BCUT2D eigenvalue weighted by molar-refractivity contribution is -0.136. The standard InChI is InChI=1S/C20H19NO6S2/c1-2-17(28)13-5-7-14(8-6-13)26-12-19(22)27-16-9-10-18(29(23,24)25)15-4-3-11-21-20(15)16/h3-11,17,28H,2,12H2,1H3,(H,23,24,25). The number of carbonyl (C=O) groups excluding carboxylic acids is 1. The summed E-state index contributed by atoms with van der Waals surface area (Å²) in [5, 5.41) is 0.287. The van der Waals surface area contributed by atoms with Gasteiger partial charge in [0.2, 0.25) is 0 Å². The van der Waals surface area contributed by atoms with Crippen molar-refractivity contribution >= 4 is 39.6 Å². The molecular formula is C20H19NO6S2. The fraction of sp³-hybridized carbons (Fsp3) is 0.200. The molecule has 7 nitrogen and oxygen atoms in total. The van der Waals surface area contributed by atoms with Gasteiger partial charge in [-0.25, -0.2) is 4.79 Å². The minimum Gasteiger partial charge on any atom is -0.482 e. The molecule has 2 aromatic carbocycles. The van der Waals surface area contributed by atoms with Gasteiger partial charge in [-0.1, -0.05) is 19.1 Å². The Labute approximate surface area is 173 Å². The summed E-state index contributed by atoms with van der Waals surface area (Å²) in [5.41, 5.74) is 1.20. The van der Waals surface area contributed by atoms with Gasteiger partial charge in [0.25, 0.3) is 10.1 Å². The van der Waals surface area contributed by atoms with E-state index < -0.39 is 16.1 Å². The van der Waals surface area contributed by atoms with Crippen LogP contribution in [0, 0.1) is 0 Å². The summed E-state index contributed by atoms with van der Waals surface area (Å²) in [7, 11) is -4.44. The number of aromatic nitrogens is 1. The van der Waals surface area contributed by atoms with Crippen LogP contribution in [-0.2, 0) is 14.9 Å². The van der Waals surface area contributed by atoms with Crippen LogP contribution < -0.4 is 9.47 Å². The van der Waals surface area contributed by atoms with Crippen molar-refractivity contribution < 1.29 is 27.2 Å². The molecule has 1 heterocycles. The zero-order valence-electron chi connectivity index (χ0n) is 15.5. The number of carbonyl (C=O) groups is 1. The Morgan fingerprint density at radius 2 is 1.90 bits per heavy atom. The van der Waals surface area contributed by atoms with E-state index >= 15 is 0 Å². The van der Waals surface area contributed by atoms with Gasteiger partial charge in [0.15, 0.2) is 12.4 Å². The smallest absolute Gasteiger partial charge is 0.349 e. The highest BCUT2D eigenvalue weighted by atomic mass is 32.2. The number of hydrogen-bond acceptors (Lipinski definition) is 7. The van der Waals surface area contributed by atoms with E-state index in [2.05, 4.69) is 17.6 Å². The first-order chi connectivity index (χ1) is 13.8. The molecule has 0 aliphatic rings. The van der Waals surface area contributed by atoms with Crippen molar-refractivity contribution in [3.05, 3.63) is 60.3 Å². The molecule has 1 N–H and O–H groups in total. The maximum atomic E-state index is 12.2. The van der Waals surface area contributed by atoms with E-state index in [-0.39, 0.29) is 33.4 Å². The highest BCUT2D eigenvalue weighted by Crippen LogP contribution is 2.29. The van der Waals surface area contributed by atoms with Crippen molar-refractivity contribution in [3.8, 4) is 11.5 Å². The number of thiol groups is 1. The predicted octanol–water partition coefficient (Wildman–Crippen LogP) is 3.85. The normalized spacial score (nSPS) is 12.5. The quantitative estimate of drug-likeness (QED) is 0.252. The number of esters is 1. The van der Waals surface area contributed by atoms with Crippen LogP contribution in [0.4, 0.5) is 0 Å². The van der Waals surface area contributed by atoms with Crippen LogP contribution in [0.15, 0.2) is 59.6 Å². The number of ether oxygens (including phenoxy) is 2. The van der Waals surface area contributed by atoms with Gasteiger partial charge in [-0.2, -0.15) is 21.0 Å². The third-order valence-electron chi connectivity index (χ3n) is 4.20. The van der Waals surface area contributed by atoms with Crippen LogP contribution in [0.5, 0.6) is 11.5 Å². The zero-order chi connectivity index (χ0) is 21.0. The molecule has 0 saturated carbocycles. The average Bonchev–Trinajstić information content (AvgIpc) is 2.71. The monoisotopic (exact) mass is 433 g/mol. The SMILES string of the molecule is CCC(S)c1ccc(OCC(=O)Oc2ccc(S(=O)(=O)O)c3cccnc23)cc1. The predicted molar refractivity (Wildman–Crippen MR) is 111 cm³/mol. The highest BCUT2D eigenvalue weighted by molar-refractivity contribution is 7.86. The molecule has 29 heavy (non-hydrogen) atoms. The van der Waals surface area contributed by atoms with Crippen molar-refractivity contribution in [3.63, 3.8) is 0 Å². The Morgan fingerprint density at radius 3 is 2.55 bits per heavy atom. The van der Waals surface area contributed by atoms with Gasteiger partial charge in [-0.3, -0.25) is 9.54 Å². The van der Waals surface area contributed by atoms with Crippen molar-refractivity contribution in [2.75, 3.05) is 6.61 Å². The lowest BCUT2D eigenvalue weighted by Gasteiger charge is -2.11. The third-order valence-corrected chi connectivity index (χ3v) is 5.78. The minimum absolute atomic E-state index is 0.0674. The molecule has 0 saturated heterocycles. The molecular weight excluding hydrogens is 414 g/mol. The van der Waals surface area contributed by atoms with Gasteiger partial charge >= 0.3 is 5.97 Å². The summed E-state index contributed by atoms with van der Waals surface area (Å²) in [6.07, 6.45) is 2.32. The van der Waals surface area contributed by atoms with Gasteiger partial charge in [-0.15, -0.1) is 0 Å². The summed E-state index contributed by atoms with van der Waals surface area (Å²) in [6, 6.07) is 12.7. The molecule has 1 aromatic heterocycles. The summed E-state index contributed by atoms with van der Waals surface area (Å²) >= 11 is 4.47. The number of benzene rings is 2. The molecule has 0 bridgehead atoms. The number of pyridine rings is 1. The molecule has 0 spiro atoms. The van der Waals surface area contributed by atoms with Crippen LogP contribution >= 0.6 is 12.6 Å². The Hall–Kier alpha value is -2.62. The first-order valence-corrected chi connectivity index (χ1v) is 10.7. The van der Waals surface area contributed by atoms with Crippen molar-refractivity contribution in [2.24, 2.45) is 0 Å². The van der Waals surface area contributed by atoms with Crippen molar-refractivity contribution in [2.45, 2.75) is 23.5 Å². The van der Waals surface area contributed by atoms with Crippen LogP contribution in [0.1, 0.15) is 24.2 Å². The number of rotatable bonds is 7. The summed E-state index contributed by atoms with van der Waals surface area (Å²) in [6.45, 7) is 1.70. The molecule has 0 aliphatic heterocycles. The van der Waals surface area contributed by atoms with Crippen LogP contribution in [0.2, 0.25) is 0 Å². The molecule has 1 atom stereocenters. The lowest BCUT2D eigenvalue weighted by atomic mass is 10.1. The van der Waals surface area contributed by atoms with E-state index in [4.69, 9.17) is 9.47 Å². The summed E-state index contributed by atoms with van der Waals surface area (Å²) in [4.78, 5) is 15.9. The molecule has 3 aromatic rings. The van der Waals surface area contributed by atoms with Gasteiger partial charge in [-0.05, 0) is 48.4 Å². The molecule has 1 unspecified atom stereocenters. The molecule has 152 valence electrons. The van der Waals surface area contributed by atoms with Gasteiger partial charge in [0, 0.05) is 16.8 Å². The van der Waals surface area contributed by atoms with E-state index in [1.54, 1.807) is 12.1 Å². The van der Waals surface area contributed by atoms with Gasteiger partial charge in [0.05, 0.1) is 0 Å². The van der Waals surface area contributed by atoms with E-state index in [0.29, 0.717) is 5.75 Å². The van der Waals surface area contributed by atoms with Crippen molar-refractivity contribution in [1.29, 1.82) is 0 Å². The lowest BCUT2D eigenvalue weighted by Crippen LogP contribution is -2.18. The maximum Gasteiger partial charge on any atom is 0.349 e. The average molecular weight is 434 g/mol. The molecule has 0 fully saturated rings. The molecule has 9 heteroatoms. The fourth-order valence-corrected chi connectivity index (χ4v) is 3.60. The molecule has 0 aliphatic carbocycles. The van der Waals surface area contributed by atoms with E-state index in [1.807, 2.05) is 19.1 Å². The first-order valence-electron chi connectivity index (χ1n) is 8.76.